The van der Waals surface area contributed by atoms with Crippen LogP contribution in [0.1, 0.15) is 49.7 Å². The van der Waals surface area contributed by atoms with E-state index in [0.29, 0.717) is 5.92 Å². The van der Waals surface area contributed by atoms with E-state index in [-0.39, 0.29) is 0 Å². The summed E-state index contributed by atoms with van der Waals surface area (Å²) in [6.45, 7) is 6.67. The third-order valence-corrected chi connectivity index (χ3v) is 4.39. The van der Waals surface area contributed by atoms with Crippen LogP contribution in [0.2, 0.25) is 0 Å². The standard InChI is InChI=1S/C15H23N3/c1-3-16-8-11-4-5-14-12(7-11)9-17-15(18-14)13-6-10(13)2/h9-11,13,16H,3-8H2,1-2H3. The molecule has 3 heteroatoms. The van der Waals surface area contributed by atoms with Crippen molar-refractivity contribution in [2.24, 2.45) is 11.8 Å². The van der Waals surface area contributed by atoms with Gasteiger partial charge in [0.05, 0.1) is 0 Å². The second kappa shape index (κ2) is 4.96. The van der Waals surface area contributed by atoms with E-state index in [0.717, 1.165) is 43.6 Å². The number of hydrogen-bond donors (Lipinski definition) is 1. The fourth-order valence-corrected chi connectivity index (χ4v) is 2.98. The van der Waals surface area contributed by atoms with Crippen LogP contribution in [-0.4, -0.2) is 23.1 Å². The molecule has 2 aliphatic rings. The molecule has 2 aliphatic carbocycles. The first-order chi connectivity index (χ1) is 8.78. The Balaban J connectivity index is 1.69. The predicted molar refractivity (Wildman–Crippen MR) is 72.6 cm³/mol. The van der Waals surface area contributed by atoms with Crippen LogP contribution in [0.4, 0.5) is 0 Å². The van der Waals surface area contributed by atoms with E-state index < -0.39 is 0 Å². The van der Waals surface area contributed by atoms with E-state index in [1.54, 1.807) is 0 Å². The molecule has 0 aromatic carbocycles. The highest BCUT2D eigenvalue weighted by atomic mass is 14.9. The van der Waals surface area contributed by atoms with Crippen LogP contribution in [-0.2, 0) is 12.8 Å². The molecular formula is C15H23N3. The van der Waals surface area contributed by atoms with Gasteiger partial charge in [-0.1, -0.05) is 13.8 Å². The summed E-state index contributed by atoms with van der Waals surface area (Å²) in [7, 11) is 0. The van der Waals surface area contributed by atoms with Gasteiger partial charge in [0.15, 0.2) is 0 Å². The Hall–Kier alpha value is -0.960. The summed E-state index contributed by atoms with van der Waals surface area (Å²) in [4.78, 5) is 9.40. The highest BCUT2D eigenvalue weighted by Gasteiger charge is 2.37. The zero-order valence-electron chi connectivity index (χ0n) is 11.4. The van der Waals surface area contributed by atoms with E-state index >= 15 is 0 Å². The number of nitrogens with one attached hydrogen (secondary N) is 1. The minimum Gasteiger partial charge on any atom is -0.317 e. The third-order valence-electron chi connectivity index (χ3n) is 4.39. The number of fused-ring (bicyclic) bond motifs is 1. The molecule has 0 spiro atoms. The number of hydrogen-bond acceptors (Lipinski definition) is 3. The van der Waals surface area contributed by atoms with Crippen LogP contribution < -0.4 is 5.32 Å². The van der Waals surface area contributed by atoms with Crippen molar-refractivity contribution >= 4 is 0 Å². The predicted octanol–water partition coefficient (Wildman–Crippen LogP) is 2.31. The largest absolute Gasteiger partial charge is 0.317 e. The van der Waals surface area contributed by atoms with Crippen LogP contribution in [0.5, 0.6) is 0 Å². The van der Waals surface area contributed by atoms with Gasteiger partial charge in [0.1, 0.15) is 5.82 Å². The van der Waals surface area contributed by atoms with Gasteiger partial charge >= 0.3 is 0 Å². The molecule has 3 atom stereocenters. The van der Waals surface area contributed by atoms with E-state index in [2.05, 4.69) is 30.3 Å². The lowest BCUT2D eigenvalue weighted by Crippen LogP contribution is -2.27. The van der Waals surface area contributed by atoms with Crippen molar-refractivity contribution in [3.05, 3.63) is 23.3 Å². The van der Waals surface area contributed by atoms with Crippen molar-refractivity contribution in [2.75, 3.05) is 13.1 Å². The maximum absolute atomic E-state index is 4.81. The molecule has 3 unspecified atom stereocenters. The number of aromatic nitrogens is 2. The second-order valence-electron chi connectivity index (χ2n) is 5.94. The Morgan fingerprint density at radius 2 is 2.28 bits per heavy atom. The van der Waals surface area contributed by atoms with Gasteiger partial charge in [-0.15, -0.1) is 0 Å². The minimum absolute atomic E-state index is 0.648. The van der Waals surface area contributed by atoms with Gasteiger partial charge in [-0.3, -0.25) is 0 Å². The monoisotopic (exact) mass is 245 g/mol. The number of aryl methyl sites for hydroxylation is 1. The van der Waals surface area contributed by atoms with Crippen LogP contribution in [0.25, 0.3) is 0 Å². The average Bonchev–Trinajstić information content (AvgIpc) is 3.12. The quantitative estimate of drug-likeness (QED) is 0.884. The number of rotatable bonds is 4. The van der Waals surface area contributed by atoms with Gasteiger partial charge in [-0.25, -0.2) is 9.97 Å². The number of nitrogens with zero attached hydrogens (tertiary/aromatic N) is 2. The van der Waals surface area contributed by atoms with Crippen molar-refractivity contribution < 1.29 is 0 Å². The van der Waals surface area contributed by atoms with Crippen LogP contribution in [0.15, 0.2) is 6.20 Å². The van der Waals surface area contributed by atoms with Gasteiger partial charge in [-0.2, -0.15) is 0 Å². The van der Waals surface area contributed by atoms with Gasteiger partial charge in [-0.05, 0) is 56.2 Å². The molecule has 0 aliphatic heterocycles. The SMILES string of the molecule is CCNCC1CCc2nc(C3CC3C)ncc2C1. The molecular weight excluding hydrogens is 222 g/mol. The molecule has 1 N–H and O–H groups in total. The van der Waals surface area contributed by atoms with Crippen LogP contribution >= 0.6 is 0 Å². The summed E-state index contributed by atoms with van der Waals surface area (Å²) in [5, 5.41) is 3.45. The first-order valence-electron chi connectivity index (χ1n) is 7.33. The van der Waals surface area contributed by atoms with Crippen molar-refractivity contribution in [3.63, 3.8) is 0 Å². The molecule has 1 heterocycles. The van der Waals surface area contributed by atoms with E-state index in [9.17, 15) is 0 Å². The fraction of sp³-hybridized carbons (Fsp3) is 0.733. The molecule has 3 nitrogen and oxygen atoms in total. The topological polar surface area (TPSA) is 37.8 Å². The molecule has 1 aromatic rings. The van der Waals surface area contributed by atoms with Gasteiger partial charge in [0.25, 0.3) is 0 Å². The lowest BCUT2D eigenvalue weighted by atomic mass is 9.87. The highest BCUT2D eigenvalue weighted by Crippen LogP contribution is 2.45. The Labute approximate surface area is 109 Å². The molecule has 0 saturated heterocycles. The van der Waals surface area contributed by atoms with Gasteiger partial charge < -0.3 is 5.32 Å². The highest BCUT2D eigenvalue weighted by molar-refractivity contribution is 5.23. The molecule has 3 rings (SSSR count). The minimum atomic E-state index is 0.648. The molecule has 1 fully saturated rings. The van der Waals surface area contributed by atoms with E-state index in [1.807, 2.05) is 0 Å². The summed E-state index contributed by atoms with van der Waals surface area (Å²) >= 11 is 0. The normalized spacial score (nSPS) is 30.0. The summed E-state index contributed by atoms with van der Waals surface area (Å²) < 4.78 is 0. The van der Waals surface area contributed by atoms with Crippen molar-refractivity contribution in [3.8, 4) is 0 Å². The second-order valence-corrected chi connectivity index (χ2v) is 5.94. The summed E-state index contributed by atoms with van der Waals surface area (Å²) in [5.74, 6) is 3.32. The van der Waals surface area contributed by atoms with Crippen molar-refractivity contribution in [1.29, 1.82) is 0 Å². The van der Waals surface area contributed by atoms with E-state index in [4.69, 9.17) is 4.98 Å². The Bertz CT molecular complexity index is 430. The van der Waals surface area contributed by atoms with Gasteiger partial charge in [0.2, 0.25) is 0 Å². The summed E-state index contributed by atoms with van der Waals surface area (Å²) in [5.41, 5.74) is 2.72. The lowest BCUT2D eigenvalue weighted by molar-refractivity contribution is 0.423. The van der Waals surface area contributed by atoms with Crippen molar-refractivity contribution in [1.82, 2.24) is 15.3 Å². The summed E-state index contributed by atoms with van der Waals surface area (Å²) in [6.07, 6.45) is 6.95. The molecule has 0 bridgehead atoms. The molecule has 18 heavy (non-hydrogen) atoms. The molecule has 0 amide bonds. The maximum atomic E-state index is 4.81. The lowest BCUT2D eigenvalue weighted by Gasteiger charge is -2.24. The molecule has 1 aromatic heterocycles. The third kappa shape index (κ3) is 2.41. The Kier molecular flexibility index (Phi) is 3.33. The Morgan fingerprint density at radius 3 is 3.00 bits per heavy atom. The first-order valence-corrected chi connectivity index (χ1v) is 7.33. The molecule has 98 valence electrons. The fourth-order valence-electron chi connectivity index (χ4n) is 2.98. The van der Waals surface area contributed by atoms with Gasteiger partial charge in [0, 0.05) is 17.8 Å². The summed E-state index contributed by atoms with van der Waals surface area (Å²) in [6, 6.07) is 0. The van der Waals surface area contributed by atoms with Crippen LogP contribution in [0, 0.1) is 11.8 Å². The smallest absolute Gasteiger partial charge is 0.131 e. The van der Waals surface area contributed by atoms with Crippen LogP contribution in [0.3, 0.4) is 0 Å². The Morgan fingerprint density at radius 1 is 1.44 bits per heavy atom. The zero-order valence-corrected chi connectivity index (χ0v) is 11.4. The molecule has 0 radical (unpaired) electrons. The first kappa shape index (κ1) is 12.1. The van der Waals surface area contributed by atoms with Crippen molar-refractivity contribution in [2.45, 2.75) is 45.4 Å². The zero-order chi connectivity index (χ0) is 12.5. The average molecular weight is 245 g/mol. The molecule has 1 saturated carbocycles. The van der Waals surface area contributed by atoms with E-state index in [1.165, 1.54) is 24.1 Å². The maximum Gasteiger partial charge on any atom is 0.131 e.